The molecule has 7 heteroatoms. The summed E-state index contributed by atoms with van der Waals surface area (Å²) in [5.41, 5.74) is 0.646. The van der Waals surface area contributed by atoms with Crippen molar-refractivity contribution in [2.45, 2.75) is 44.2 Å². The molecule has 2 aromatic rings. The van der Waals surface area contributed by atoms with Crippen LogP contribution in [0.1, 0.15) is 37.9 Å². The molecule has 0 saturated carbocycles. The van der Waals surface area contributed by atoms with Crippen LogP contribution in [0.25, 0.3) is 0 Å². The Morgan fingerprint density at radius 3 is 2.15 bits per heavy atom. The number of ether oxygens (including phenoxy) is 1. The van der Waals surface area contributed by atoms with E-state index in [9.17, 15) is 18.4 Å². The van der Waals surface area contributed by atoms with Crippen molar-refractivity contribution in [1.29, 1.82) is 0 Å². The number of amides is 1. The van der Waals surface area contributed by atoms with Gasteiger partial charge in [-0.15, -0.1) is 0 Å². The lowest BCUT2D eigenvalue weighted by atomic mass is 10.1. The lowest BCUT2D eigenvalue weighted by Crippen LogP contribution is -2.39. The minimum absolute atomic E-state index is 0.125. The Labute approximate surface area is 160 Å². The van der Waals surface area contributed by atoms with Crippen LogP contribution in [0.2, 0.25) is 0 Å². The maximum Gasteiger partial charge on any atom is 0.434 e. The van der Waals surface area contributed by atoms with Crippen LogP contribution in [0.4, 0.5) is 4.79 Å². The Bertz CT molecular complexity index is 871. The molecule has 1 amide bonds. The Morgan fingerprint density at radius 1 is 1.07 bits per heavy atom. The van der Waals surface area contributed by atoms with E-state index in [1.165, 1.54) is 12.1 Å². The van der Waals surface area contributed by atoms with Gasteiger partial charge in [-0.2, -0.15) is 5.06 Å². The summed E-state index contributed by atoms with van der Waals surface area (Å²) < 4.78 is 30.8. The van der Waals surface area contributed by atoms with Crippen molar-refractivity contribution in [1.82, 2.24) is 5.06 Å². The molecule has 0 aliphatic heterocycles. The summed E-state index contributed by atoms with van der Waals surface area (Å²) in [7, 11) is -3.75. The van der Waals surface area contributed by atoms with Gasteiger partial charge in [-0.3, -0.25) is 5.21 Å². The molecule has 0 aromatic heterocycles. The molecule has 0 heterocycles. The van der Waals surface area contributed by atoms with Crippen molar-refractivity contribution >= 4 is 15.9 Å². The number of hydrogen-bond acceptors (Lipinski definition) is 5. The first-order valence-corrected chi connectivity index (χ1v) is 10.2. The summed E-state index contributed by atoms with van der Waals surface area (Å²) in [5.74, 6) is -0.476. The summed E-state index contributed by atoms with van der Waals surface area (Å²) in [6.07, 6.45) is -1.00. The van der Waals surface area contributed by atoms with Crippen molar-refractivity contribution in [3.8, 4) is 0 Å². The van der Waals surface area contributed by atoms with Crippen LogP contribution >= 0.6 is 0 Å². The summed E-state index contributed by atoms with van der Waals surface area (Å²) in [4.78, 5) is 12.4. The molecule has 0 saturated heterocycles. The molecule has 1 unspecified atom stereocenters. The number of carbonyl (C=O) groups excluding carboxylic acids is 1. The number of hydrogen-bond donors (Lipinski definition) is 1. The number of carbonyl (C=O) groups is 1. The topological polar surface area (TPSA) is 83.9 Å². The van der Waals surface area contributed by atoms with Crippen molar-refractivity contribution < 1.29 is 23.2 Å². The van der Waals surface area contributed by atoms with Crippen LogP contribution in [0.15, 0.2) is 59.5 Å². The van der Waals surface area contributed by atoms with Crippen LogP contribution < -0.4 is 0 Å². The van der Waals surface area contributed by atoms with Gasteiger partial charge in [-0.1, -0.05) is 48.0 Å². The lowest BCUT2D eigenvalue weighted by Gasteiger charge is -2.29. The maximum absolute atomic E-state index is 12.8. The molecule has 2 rings (SSSR count). The van der Waals surface area contributed by atoms with Crippen molar-refractivity contribution in [3.63, 3.8) is 0 Å². The van der Waals surface area contributed by atoms with Crippen molar-refractivity contribution in [2.75, 3.05) is 5.75 Å². The molecular formula is C20H25NO5S. The van der Waals surface area contributed by atoms with E-state index in [4.69, 9.17) is 4.74 Å². The van der Waals surface area contributed by atoms with Crippen molar-refractivity contribution in [3.05, 3.63) is 65.7 Å². The van der Waals surface area contributed by atoms with Crippen LogP contribution in [0.3, 0.4) is 0 Å². The summed E-state index contributed by atoms with van der Waals surface area (Å²) in [6.45, 7) is 6.89. The zero-order chi connectivity index (χ0) is 20.2. The third kappa shape index (κ3) is 5.80. The zero-order valence-electron chi connectivity index (χ0n) is 15.9. The van der Waals surface area contributed by atoms with Gasteiger partial charge in [-0.05, 0) is 45.4 Å². The van der Waals surface area contributed by atoms with Gasteiger partial charge >= 0.3 is 6.09 Å². The third-order valence-corrected chi connectivity index (χ3v) is 5.56. The average Bonchev–Trinajstić information content (AvgIpc) is 2.59. The van der Waals surface area contributed by atoms with Crippen LogP contribution in [0, 0.1) is 6.92 Å². The highest BCUT2D eigenvalue weighted by Gasteiger charge is 2.32. The lowest BCUT2D eigenvalue weighted by molar-refractivity contribution is -0.116. The number of hydroxylamine groups is 2. The van der Waals surface area contributed by atoms with Gasteiger partial charge in [0, 0.05) is 0 Å². The molecule has 0 aliphatic carbocycles. The van der Waals surface area contributed by atoms with Crippen LogP contribution in [-0.4, -0.2) is 36.1 Å². The quantitative estimate of drug-likeness (QED) is 0.612. The number of benzene rings is 2. The highest BCUT2D eigenvalue weighted by atomic mass is 32.2. The molecule has 146 valence electrons. The van der Waals surface area contributed by atoms with Gasteiger partial charge in [0.25, 0.3) is 0 Å². The average molecular weight is 391 g/mol. The fourth-order valence-corrected chi connectivity index (χ4v) is 3.98. The molecule has 0 radical (unpaired) electrons. The number of nitrogens with zero attached hydrogens (tertiary/aromatic N) is 1. The van der Waals surface area contributed by atoms with E-state index in [0.29, 0.717) is 10.6 Å². The van der Waals surface area contributed by atoms with Gasteiger partial charge in [-0.25, -0.2) is 13.2 Å². The molecule has 0 spiro atoms. The Balaban J connectivity index is 2.38. The van der Waals surface area contributed by atoms with Gasteiger partial charge in [0.1, 0.15) is 11.6 Å². The Kier molecular flexibility index (Phi) is 6.28. The van der Waals surface area contributed by atoms with Gasteiger partial charge < -0.3 is 4.74 Å². The molecule has 0 bridgehead atoms. The second-order valence-corrected chi connectivity index (χ2v) is 9.38. The van der Waals surface area contributed by atoms with Gasteiger partial charge in [0.2, 0.25) is 0 Å². The summed E-state index contributed by atoms with van der Waals surface area (Å²) in [6, 6.07) is 13.8. The predicted octanol–water partition coefficient (Wildman–Crippen LogP) is 4.14. The Hall–Kier alpha value is -2.38. The van der Waals surface area contributed by atoms with E-state index >= 15 is 0 Å². The van der Waals surface area contributed by atoms with E-state index in [-0.39, 0.29) is 4.90 Å². The molecular weight excluding hydrogens is 366 g/mol. The summed E-state index contributed by atoms with van der Waals surface area (Å²) >= 11 is 0. The predicted molar refractivity (Wildman–Crippen MR) is 102 cm³/mol. The molecule has 0 aliphatic rings. The van der Waals surface area contributed by atoms with Gasteiger partial charge in [0.05, 0.1) is 10.6 Å². The fourth-order valence-electron chi connectivity index (χ4n) is 2.46. The fraction of sp³-hybridized carbons (Fsp3) is 0.350. The second kappa shape index (κ2) is 8.10. The monoisotopic (exact) mass is 391 g/mol. The minimum atomic E-state index is -3.75. The molecule has 27 heavy (non-hydrogen) atoms. The van der Waals surface area contributed by atoms with Crippen molar-refractivity contribution in [2.24, 2.45) is 0 Å². The minimum Gasteiger partial charge on any atom is -0.442 e. The second-order valence-electron chi connectivity index (χ2n) is 7.35. The number of rotatable bonds is 5. The van der Waals surface area contributed by atoms with E-state index in [1.807, 2.05) is 6.92 Å². The molecule has 1 N–H and O–H groups in total. The van der Waals surface area contributed by atoms with E-state index < -0.39 is 33.3 Å². The molecule has 1 atom stereocenters. The Morgan fingerprint density at radius 2 is 1.63 bits per heavy atom. The van der Waals surface area contributed by atoms with Crippen LogP contribution in [0.5, 0.6) is 0 Å². The molecule has 2 aromatic carbocycles. The van der Waals surface area contributed by atoms with E-state index in [1.54, 1.807) is 63.2 Å². The molecule has 6 nitrogen and oxygen atoms in total. The first kappa shape index (κ1) is 20.9. The third-order valence-electron chi connectivity index (χ3n) is 3.82. The smallest absolute Gasteiger partial charge is 0.434 e. The SMILES string of the molecule is Cc1ccc(C(CS(=O)(=O)c2ccccc2)N(O)C(=O)OC(C)(C)C)cc1. The zero-order valence-corrected chi connectivity index (χ0v) is 16.7. The maximum atomic E-state index is 12.8. The largest absolute Gasteiger partial charge is 0.442 e. The highest BCUT2D eigenvalue weighted by molar-refractivity contribution is 7.91. The first-order chi connectivity index (χ1) is 12.5. The van der Waals surface area contributed by atoms with Gasteiger partial charge in [0.15, 0.2) is 9.84 Å². The highest BCUT2D eigenvalue weighted by Crippen LogP contribution is 2.26. The normalized spacial score (nSPS) is 13.1. The number of sulfone groups is 1. The molecule has 0 fully saturated rings. The number of aryl methyl sites for hydroxylation is 1. The first-order valence-electron chi connectivity index (χ1n) is 8.55. The van der Waals surface area contributed by atoms with E-state index in [0.717, 1.165) is 5.56 Å². The standard InChI is InChI=1S/C20H25NO5S/c1-15-10-12-16(13-11-15)18(21(23)19(22)26-20(2,3)4)14-27(24,25)17-8-6-5-7-9-17/h5-13,18,23H,14H2,1-4H3. The van der Waals surface area contributed by atoms with Crippen LogP contribution in [-0.2, 0) is 14.6 Å². The van der Waals surface area contributed by atoms with E-state index in [2.05, 4.69) is 0 Å². The summed E-state index contributed by atoms with van der Waals surface area (Å²) in [5, 5.41) is 10.8.